The largest absolute Gasteiger partial charge is 0.393 e. The molecule has 7 nitrogen and oxygen atoms in total. The summed E-state index contributed by atoms with van der Waals surface area (Å²) in [5.74, 6) is 1.58. The average molecular weight is 357 g/mol. The molecule has 0 radical (unpaired) electrons. The van der Waals surface area contributed by atoms with Crippen LogP contribution in [0.2, 0.25) is 0 Å². The van der Waals surface area contributed by atoms with Crippen molar-refractivity contribution in [1.82, 2.24) is 25.4 Å². The number of carbonyl (C=O) groups excluding carboxylic acids is 1. The molecule has 1 aromatic carbocycles. The van der Waals surface area contributed by atoms with Gasteiger partial charge in [-0.2, -0.15) is 5.10 Å². The van der Waals surface area contributed by atoms with Crippen LogP contribution in [0.3, 0.4) is 0 Å². The van der Waals surface area contributed by atoms with Gasteiger partial charge >= 0.3 is 6.03 Å². The summed E-state index contributed by atoms with van der Waals surface area (Å²) in [7, 11) is 0. The predicted molar refractivity (Wildman–Crippen MR) is 98.4 cm³/mol. The Morgan fingerprint density at radius 3 is 2.73 bits per heavy atom. The molecule has 1 aliphatic heterocycles. The number of aryl methyl sites for hydroxylation is 2. The van der Waals surface area contributed by atoms with E-state index in [2.05, 4.69) is 32.6 Å². The highest BCUT2D eigenvalue weighted by Gasteiger charge is 2.27. The van der Waals surface area contributed by atoms with Crippen LogP contribution in [-0.2, 0) is 13.0 Å². The summed E-state index contributed by atoms with van der Waals surface area (Å²) >= 11 is 0. The molecule has 7 heteroatoms. The zero-order chi connectivity index (χ0) is 18.4. The van der Waals surface area contributed by atoms with Crippen LogP contribution in [0.1, 0.15) is 36.5 Å². The number of hydrogen-bond donors (Lipinski definition) is 3. The summed E-state index contributed by atoms with van der Waals surface area (Å²) in [5, 5.41) is 20.1. The zero-order valence-electron chi connectivity index (χ0n) is 15.2. The Morgan fingerprint density at radius 1 is 1.35 bits per heavy atom. The van der Waals surface area contributed by atoms with Crippen LogP contribution in [-0.4, -0.2) is 50.4 Å². The van der Waals surface area contributed by atoms with Crippen molar-refractivity contribution >= 4 is 6.03 Å². The first-order valence-electron chi connectivity index (χ1n) is 9.24. The highest BCUT2D eigenvalue weighted by atomic mass is 16.3. The third kappa shape index (κ3) is 5.05. The zero-order valence-corrected chi connectivity index (χ0v) is 15.2. The second kappa shape index (κ2) is 8.80. The van der Waals surface area contributed by atoms with Crippen LogP contribution in [0.15, 0.2) is 30.3 Å². The number of hydrogen-bond acceptors (Lipinski definition) is 4. The lowest BCUT2D eigenvalue weighted by molar-refractivity contribution is 0.0610. The van der Waals surface area contributed by atoms with Gasteiger partial charge in [-0.1, -0.05) is 30.3 Å². The molecule has 2 aromatic rings. The van der Waals surface area contributed by atoms with Crippen molar-refractivity contribution in [2.75, 3.05) is 13.1 Å². The van der Waals surface area contributed by atoms with Gasteiger partial charge in [0.2, 0.25) is 0 Å². The molecule has 3 N–H and O–H groups in total. The number of H-pyrrole nitrogens is 1. The molecule has 2 heterocycles. The Balaban J connectivity index is 1.38. The van der Waals surface area contributed by atoms with Gasteiger partial charge in [0, 0.05) is 13.1 Å². The molecule has 1 atom stereocenters. The number of aromatic nitrogens is 3. The third-order valence-corrected chi connectivity index (χ3v) is 4.98. The third-order valence-electron chi connectivity index (χ3n) is 4.98. The van der Waals surface area contributed by atoms with Crippen molar-refractivity contribution in [2.45, 2.75) is 45.3 Å². The van der Waals surface area contributed by atoms with Gasteiger partial charge in [0.1, 0.15) is 5.82 Å². The molecule has 0 aliphatic carbocycles. The van der Waals surface area contributed by atoms with Gasteiger partial charge in [0.05, 0.1) is 12.6 Å². The first-order chi connectivity index (χ1) is 12.6. The maximum Gasteiger partial charge on any atom is 0.317 e. The van der Waals surface area contributed by atoms with E-state index in [-0.39, 0.29) is 18.1 Å². The fourth-order valence-corrected chi connectivity index (χ4v) is 3.42. The predicted octanol–water partition coefficient (Wildman–Crippen LogP) is 2.03. The fourth-order valence-electron chi connectivity index (χ4n) is 3.42. The van der Waals surface area contributed by atoms with E-state index < -0.39 is 0 Å². The lowest BCUT2D eigenvalue weighted by atomic mass is 9.88. The van der Waals surface area contributed by atoms with Crippen molar-refractivity contribution in [2.24, 2.45) is 5.92 Å². The maximum atomic E-state index is 12.3. The minimum absolute atomic E-state index is 0.0929. The first-order valence-corrected chi connectivity index (χ1v) is 9.24. The van der Waals surface area contributed by atoms with E-state index >= 15 is 0 Å². The maximum absolute atomic E-state index is 12.3. The Morgan fingerprint density at radius 2 is 2.08 bits per heavy atom. The number of benzene rings is 1. The Bertz CT molecular complexity index is 695. The highest BCUT2D eigenvalue weighted by molar-refractivity contribution is 5.74. The van der Waals surface area contributed by atoms with Gasteiger partial charge in [0.25, 0.3) is 0 Å². The van der Waals surface area contributed by atoms with E-state index in [0.29, 0.717) is 25.5 Å². The van der Waals surface area contributed by atoms with Gasteiger partial charge in [-0.25, -0.2) is 9.78 Å². The molecule has 26 heavy (non-hydrogen) atoms. The minimum atomic E-state index is -0.309. The molecule has 2 amide bonds. The Labute approximate surface area is 153 Å². The van der Waals surface area contributed by atoms with Crippen LogP contribution in [0.4, 0.5) is 4.79 Å². The highest BCUT2D eigenvalue weighted by Crippen LogP contribution is 2.23. The van der Waals surface area contributed by atoms with E-state index in [0.717, 1.165) is 31.5 Å². The van der Waals surface area contributed by atoms with Gasteiger partial charge in [-0.3, -0.25) is 5.10 Å². The van der Waals surface area contributed by atoms with Gasteiger partial charge in [0.15, 0.2) is 5.82 Å². The molecule has 3 rings (SSSR count). The van der Waals surface area contributed by atoms with E-state index in [1.165, 1.54) is 5.56 Å². The summed E-state index contributed by atoms with van der Waals surface area (Å²) in [6.07, 6.45) is 3.02. The Hall–Kier alpha value is -2.41. The number of aliphatic hydroxyl groups excluding tert-OH is 1. The monoisotopic (exact) mass is 357 g/mol. The summed E-state index contributed by atoms with van der Waals surface area (Å²) in [5.41, 5.74) is 1.26. The smallest absolute Gasteiger partial charge is 0.317 e. The van der Waals surface area contributed by atoms with E-state index in [4.69, 9.17) is 0 Å². The molecule has 1 saturated heterocycles. The number of likely N-dealkylation sites (tertiary alicyclic amines) is 1. The SMILES string of the molecule is Cc1nc(CNC(=O)N2CCC([C@H](O)CCc3ccccc3)CC2)n[nH]1. The fraction of sp³-hybridized carbons (Fsp3) is 0.526. The topological polar surface area (TPSA) is 94.1 Å². The lowest BCUT2D eigenvalue weighted by Crippen LogP contribution is -2.45. The molecule has 0 unspecified atom stereocenters. The van der Waals surface area contributed by atoms with Crippen LogP contribution < -0.4 is 5.32 Å². The van der Waals surface area contributed by atoms with Crippen LogP contribution in [0.25, 0.3) is 0 Å². The van der Waals surface area contributed by atoms with Crippen molar-refractivity contribution in [3.05, 3.63) is 47.5 Å². The van der Waals surface area contributed by atoms with Crippen LogP contribution >= 0.6 is 0 Å². The van der Waals surface area contributed by atoms with E-state index in [9.17, 15) is 9.90 Å². The van der Waals surface area contributed by atoms with Gasteiger partial charge in [-0.05, 0) is 44.1 Å². The number of nitrogens with zero attached hydrogens (tertiary/aromatic N) is 3. The number of piperidine rings is 1. The molecule has 140 valence electrons. The molecule has 0 bridgehead atoms. The standard InChI is InChI=1S/C19H27N5O2/c1-14-21-18(23-22-14)13-20-19(26)24-11-9-16(10-12-24)17(25)8-7-15-5-3-2-4-6-15/h2-6,16-17,25H,7-13H2,1H3,(H,20,26)(H,21,22,23)/t17-/m1/s1. The van der Waals surface area contributed by atoms with Crippen molar-refractivity contribution in [3.8, 4) is 0 Å². The van der Waals surface area contributed by atoms with E-state index in [1.807, 2.05) is 25.1 Å². The quantitative estimate of drug-likeness (QED) is 0.737. The summed E-state index contributed by atoms with van der Waals surface area (Å²) in [6.45, 7) is 3.49. The minimum Gasteiger partial charge on any atom is -0.393 e. The first kappa shape index (κ1) is 18.4. The number of aromatic amines is 1. The molecule has 0 spiro atoms. The number of rotatable bonds is 6. The van der Waals surface area contributed by atoms with Crippen molar-refractivity contribution < 1.29 is 9.90 Å². The summed E-state index contributed by atoms with van der Waals surface area (Å²) < 4.78 is 0. The van der Waals surface area contributed by atoms with Crippen molar-refractivity contribution in [1.29, 1.82) is 0 Å². The van der Waals surface area contributed by atoms with Crippen LogP contribution in [0, 0.1) is 12.8 Å². The normalized spacial score (nSPS) is 16.5. The van der Waals surface area contributed by atoms with Gasteiger partial charge < -0.3 is 15.3 Å². The van der Waals surface area contributed by atoms with Crippen molar-refractivity contribution in [3.63, 3.8) is 0 Å². The number of urea groups is 1. The molecule has 1 fully saturated rings. The lowest BCUT2D eigenvalue weighted by Gasteiger charge is -2.34. The molecule has 0 saturated carbocycles. The van der Waals surface area contributed by atoms with E-state index in [1.54, 1.807) is 4.90 Å². The summed E-state index contributed by atoms with van der Waals surface area (Å²) in [4.78, 5) is 18.2. The van der Waals surface area contributed by atoms with Crippen LogP contribution in [0.5, 0.6) is 0 Å². The molecule has 1 aliphatic rings. The molecule has 1 aromatic heterocycles. The number of carbonyl (C=O) groups is 1. The number of aliphatic hydroxyl groups is 1. The second-order valence-electron chi connectivity index (χ2n) is 6.91. The number of nitrogens with one attached hydrogen (secondary N) is 2. The summed E-state index contributed by atoms with van der Waals surface area (Å²) in [6, 6.07) is 10.1. The second-order valence-corrected chi connectivity index (χ2v) is 6.91. The van der Waals surface area contributed by atoms with Gasteiger partial charge in [-0.15, -0.1) is 0 Å². The molecular weight excluding hydrogens is 330 g/mol. The number of amides is 2. The average Bonchev–Trinajstić information content (AvgIpc) is 3.10. The molecular formula is C19H27N5O2. The Kier molecular flexibility index (Phi) is 6.22.